The molecule has 0 fully saturated rings. The van der Waals surface area contributed by atoms with Gasteiger partial charge < -0.3 is 14.2 Å². The Hall–Kier alpha value is -3.18. The third-order valence-corrected chi connectivity index (χ3v) is 7.42. The minimum Gasteiger partial charge on any atom is -0.494 e. The van der Waals surface area contributed by atoms with Crippen molar-refractivity contribution in [1.82, 2.24) is 5.01 Å². The zero-order valence-electron chi connectivity index (χ0n) is 22.4. The standard InChI is InChI=1S/C32H37ClN2O3/c1-3-5-6-7-8-9-20-37-27-17-12-24(13-18-27)32-35-30(28-21-25(33)14-19-31(28)38-32)22-29(34-35)23-10-15-26(16-11-23)36-4-2/h10-19,21,30,32H,3-9,20,22H2,1-2H3/t30-,32+/m0/s1. The summed E-state index contributed by atoms with van der Waals surface area (Å²) in [6, 6.07) is 22.3. The second kappa shape index (κ2) is 12.6. The van der Waals surface area contributed by atoms with Gasteiger partial charge in [0.15, 0.2) is 0 Å². The molecule has 0 unspecified atom stereocenters. The van der Waals surface area contributed by atoms with Crippen LogP contribution in [0.25, 0.3) is 0 Å². The first-order valence-corrected chi connectivity index (χ1v) is 14.3. The third-order valence-electron chi connectivity index (χ3n) is 7.18. The van der Waals surface area contributed by atoms with E-state index < -0.39 is 0 Å². The van der Waals surface area contributed by atoms with Gasteiger partial charge in [-0.3, -0.25) is 0 Å². The first kappa shape index (κ1) is 26.4. The summed E-state index contributed by atoms with van der Waals surface area (Å²) in [5.74, 6) is 2.61. The van der Waals surface area contributed by atoms with E-state index in [9.17, 15) is 0 Å². The average Bonchev–Trinajstić information content (AvgIpc) is 3.39. The Morgan fingerprint density at radius 2 is 1.58 bits per heavy atom. The molecule has 38 heavy (non-hydrogen) atoms. The fraction of sp³-hybridized carbons (Fsp3) is 0.406. The van der Waals surface area contributed by atoms with Gasteiger partial charge in [-0.2, -0.15) is 5.10 Å². The van der Waals surface area contributed by atoms with Crippen LogP contribution in [0, 0.1) is 0 Å². The smallest absolute Gasteiger partial charge is 0.213 e. The Labute approximate surface area is 231 Å². The van der Waals surface area contributed by atoms with Gasteiger partial charge in [0.1, 0.15) is 17.2 Å². The second-order valence-corrected chi connectivity index (χ2v) is 10.4. The van der Waals surface area contributed by atoms with E-state index in [1.54, 1.807) is 0 Å². The molecule has 5 nitrogen and oxygen atoms in total. The highest BCUT2D eigenvalue weighted by atomic mass is 35.5. The van der Waals surface area contributed by atoms with Gasteiger partial charge >= 0.3 is 0 Å². The van der Waals surface area contributed by atoms with E-state index in [1.165, 1.54) is 32.1 Å². The lowest BCUT2D eigenvalue weighted by atomic mass is 9.96. The highest BCUT2D eigenvalue weighted by Crippen LogP contribution is 2.48. The molecule has 0 spiro atoms. The van der Waals surface area contributed by atoms with Crippen molar-refractivity contribution < 1.29 is 14.2 Å². The molecule has 200 valence electrons. The van der Waals surface area contributed by atoms with Crippen LogP contribution in [0.3, 0.4) is 0 Å². The number of halogens is 1. The maximum absolute atomic E-state index is 6.51. The molecule has 6 heteroatoms. The monoisotopic (exact) mass is 532 g/mol. The van der Waals surface area contributed by atoms with Crippen molar-refractivity contribution in [2.45, 2.75) is 71.1 Å². The fourth-order valence-corrected chi connectivity index (χ4v) is 5.34. The number of fused-ring (bicyclic) bond motifs is 3. The molecule has 0 aliphatic carbocycles. The molecule has 0 saturated heterocycles. The molecule has 0 bridgehead atoms. The van der Waals surface area contributed by atoms with Gasteiger partial charge in [0, 0.05) is 22.6 Å². The normalized spacial score (nSPS) is 17.9. The maximum Gasteiger partial charge on any atom is 0.213 e. The highest BCUT2D eigenvalue weighted by Gasteiger charge is 2.41. The van der Waals surface area contributed by atoms with E-state index in [-0.39, 0.29) is 12.3 Å². The van der Waals surface area contributed by atoms with Gasteiger partial charge in [0.25, 0.3) is 0 Å². The molecule has 5 rings (SSSR count). The molecule has 0 saturated carbocycles. The summed E-state index contributed by atoms with van der Waals surface area (Å²) < 4.78 is 18.1. The van der Waals surface area contributed by atoms with E-state index in [4.69, 9.17) is 30.9 Å². The topological polar surface area (TPSA) is 43.3 Å². The Kier molecular flexibility index (Phi) is 8.75. The predicted molar refractivity (Wildman–Crippen MR) is 153 cm³/mol. The Balaban J connectivity index is 1.32. The summed E-state index contributed by atoms with van der Waals surface area (Å²) in [4.78, 5) is 0. The Bertz CT molecular complexity index is 1230. The van der Waals surface area contributed by atoms with Crippen molar-refractivity contribution in [3.05, 3.63) is 88.4 Å². The minimum absolute atomic E-state index is 0.0488. The van der Waals surface area contributed by atoms with Gasteiger partial charge in [0.05, 0.1) is 25.0 Å². The molecular formula is C32H37ClN2O3. The summed E-state index contributed by atoms with van der Waals surface area (Å²) in [5.41, 5.74) is 4.22. The van der Waals surface area contributed by atoms with E-state index in [2.05, 4.69) is 36.2 Å². The third kappa shape index (κ3) is 6.10. The van der Waals surface area contributed by atoms with Crippen molar-refractivity contribution in [3.63, 3.8) is 0 Å². The number of hydrogen-bond donors (Lipinski definition) is 0. The zero-order valence-corrected chi connectivity index (χ0v) is 23.1. The number of benzene rings is 3. The lowest BCUT2D eigenvalue weighted by molar-refractivity contribution is -0.0190. The largest absolute Gasteiger partial charge is 0.494 e. The molecule has 2 atom stereocenters. The second-order valence-electron chi connectivity index (χ2n) is 9.94. The Morgan fingerprint density at radius 3 is 2.34 bits per heavy atom. The van der Waals surface area contributed by atoms with Gasteiger partial charge in [0.2, 0.25) is 6.23 Å². The van der Waals surface area contributed by atoms with Gasteiger partial charge in [-0.15, -0.1) is 0 Å². The van der Waals surface area contributed by atoms with Crippen LogP contribution in [0.5, 0.6) is 17.2 Å². The molecule has 0 radical (unpaired) electrons. The zero-order chi connectivity index (χ0) is 26.3. The molecule has 3 aromatic rings. The molecule has 0 amide bonds. The van der Waals surface area contributed by atoms with Crippen LogP contribution in [-0.2, 0) is 0 Å². The van der Waals surface area contributed by atoms with Crippen LogP contribution in [0.4, 0.5) is 0 Å². The molecule has 0 aromatic heterocycles. The first-order chi connectivity index (χ1) is 18.7. The summed E-state index contributed by atoms with van der Waals surface area (Å²) >= 11 is 6.38. The molecule has 3 aromatic carbocycles. The van der Waals surface area contributed by atoms with Gasteiger partial charge in [-0.1, -0.05) is 50.6 Å². The molecule has 2 heterocycles. The summed E-state index contributed by atoms with van der Waals surface area (Å²) in [5, 5.41) is 7.85. The number of ether oxygens (including phenoxy) is 3. The predicted octanol–water partition coefficient (Wildman–Crippen LogP) is 8.72. The minimum atomic E-state index is -0.332. The van der Waals surface area contributed by atoms with Crippen molar-refractivity contribution >= 4 is 17.3 Å². The maximum atomic E-state index is 6.51. The number of nitrogens with zero attached hydrogens (tertiary/aromatic N) is 2. The summed E-state index contributed by atoms with van der Waals surface area (Å²) in [7, 11) is 0. The number of hydrogen-bond acceptors (Lipinski definition) is 5. The highest BCUT2D eigenvalue weighted by molar-refractivity contribution is 6.30. The summed E-state index contributed by atoms with van der Waals surface area (Å²) in [6.07, 6.45) is 7.98. The van der Waals surface area contributed by atoms with Crippen molar-refractivity contribution in [2.24, 2.45) is 5.10 Å². The lowest BCUT2D eigenvalue weighted by Gasteiger charge is -2.38. The summed E-state index contributed by atoms with van der Waals surface area (Å²) in [6.45, 7) is 5.64. The van der Waals surface area contributed by atoms with E-state index >= 15 is 0 Å². The van der Waals surface area contributed by atoms with Crippen LogP contribution in [0.1, 0.15) is 87.8 Å². The van der Waals surface area contributed by atoms with Crippen LogP contribution < -0.4 is 14.2 Å². The fourth-order valence-electron chi connectivity index (χ4n) is 5.16. The molecular weight excluding hydrogens is 496 g/mol. The molecule has 2 aliphatic rings. The average molecular weight is 533 g/mol. The quantitative estimate of drug-likeness (QED) is 0.219. The van der Waals surface area contributed by atoms with Crippen molar-refractivity contribution in [2.75, 3.05) is 13.2 Å². The number of hydrazone groups is 1. The number of rotatable bonds is 12. The van der Waals surface area contributed by atoms with E-state index in [1.807, 2.05) is 49.4 Å². The van der Waals surface area contributed by atoms with E-state index in [0.29, 0.717) is 11.6 Å². The van der Waals surface area contributed by atoms with Crippen LogP contribution in [-0.4, -0.2) is 23.9 Å². The number of unbranched alkanes of at least 4 members (excludes halogenated alkanes) is 5. The van der Waals surface area contributed by atoms with E-state index in [0.717, 1.165) is 59.1 Å². The van der Waals surface area contributed by atoms with Crippen molar-refractivity contribution in [1.29, 1.82) is 0 Å². The van der Waals surface area contributed by atoms with Crippen LogP contribution in [0.15, 0.2) is 71.8 Å². The lowest BCUT2D eigenvalue weighted by Crippen LogP contribution is -2.33. The SMILES string of the molecule is CCCCCCCCOc1ccc([C@H]2Oc3ccc(Cl)cc3[C@@H]3CC(c4ccc(OCC)cc4)=NN23)cc1. The van der Waals surface area contributed by atoms with Gasteiger partial charge in [-0.25, -0.2) is 5.01 Å². The van der Waals surface area contributed by atoms with Crippen LogP contribution >= 0.6 is 11.6 Å². The Morgan fingerprint density at radius 1 is 0.868 bits per heavy atom. The van der Waals surface area contributed by atoms with Crippen LogP contribution in [0.2, 0.25) is 5.02 Å². The molecule has 0 N–H and O–H groups in total. The molecule has 2 aliphatic heterocycles. The van der Waals surface area contributed by atoms with Gasteiger partial charge in [-0.05, 0) is 85.6 Å². The van der Waals surface area contributed by atoms with Crippen molar-refractivity contribution in [3.8, 4) is 17.2 Å². The first-order valence-electron chi connectivity index (χ1n) is 13.9.